The van der Waals surface area contributed by atoms with Gasteiger partial charge < -0.3 is 10.0 Å². The van der Waals surface area contributed by atoms with Crippen molar-refractivity contribution >= 4 is 17.6 Å². The lowest BCUT2D eigenvalue weighted by Crippen LogP contribution is -2.33. The van der Waals surface area contributed by atoms with E-state index in [0.717, 1.165) is 43.4 Å². The fraction of sp³-hybridized carbons (Fsp3) is 0.467. The Hall–Kier alpha value is -1.84. The molecule has 2 aliphatic rings. The van der Waals surface area contributed by atoms with Crippen molar-refractivity contribution in [1.29, 1.82) is 0 Å². The molecule has 1 aliphatic carbocycles. The van der Waals surface area contributed by atoms with Gasteiger partial charge in [-0.25, -0.2) is 4.79 Å². The first kappa shape index (κ1) is 12.2. The summed E-state index contributed by atoms with van der Waals surface area (Å²) in [5.74, 6) is -0.521. The molecule has 1 heterocycles. The van der Waals surface area contributed by atoms with E-state index in [9.17, 15) is 9.59 Å². The van der Waals surface area contributed by atoms with E-state index in [-0.39, 0.29) is 11.8 Å². The average Bonchev–Trinajstić information content (AvgIpc) is 3.06. The molecule has 0 aromatic heterocycles. The van der Waals surface area contributed by atoms with Gasteiger partial charge in [0.25, 0.3) is 0 Å². The number of hydrogen-bond donors (Lipinski definition) is 1. The third-order valence-electron chi connectivity index (χ3n) is 4.19. The van der Waals surface area contributed by atoms with E-state index in [1.165, 1.54) is 0 Å². The summed E-state index contributed by atoms with van der Waals surface area (Å²) in [5.41, 5.74) is 2.18. The van der Waals surface area contributed by atoms with Crippen LogP contribution in [0.1, 0.15) is 41.6 Å². The van der Waals surface area contributed by atoms with Crippen LogP contribution in [0.2, 0.25) is 0 Å². The molecule has 1 amide bonds. The van der Waals surface area contributed by atoms with E-state index in [1.54, 1.807) is 18.2 Å². The zero-order valence-electron chi connectivity index (χ0n) is 10.8. The molecule has 1 aliphatic heterocycles. The first-order chi connectivity index (χ1) is 9.16. The molecule has 1 aromatic carbocycles. The minimum atomic E-state index is -0.914. The smallest absolute Gasteiger partial charge is 0.335 e. The van der Waals surface area contributed by atoms with Crippen LogP contribution in [0.25, 0.3) is 0 Å². The van der Waals surface area contributed by atoms with Crippen LogP contribution in [0.5, 0.6) is 0 Å². The van der Waals surface area contributed by atoms with Gasteiger partial charge in [0.2, 0.25) is 5.91 Å². The summed E-state index contributed by atoms with van der Waals surface area (Å²) < 4.78 is 0. The van der Waals surface area contributed by atoms with Crippen molar-refractivity contribution in [3.8, 4) is 0 Å². The summed E-state index contributed by atoms with van der Waals surface area (Å²) in [7, 11) is 0. The van der Waals surface area contributed by atoms with Crippen molar-refractivity contribution in [3.63, 3.8) is 0 Å². The lowest BCUT2D eigenvalue weighted by Gasteiger charge is -2.21. The molecule has 0 radical (unpaired) electrons. The number of nitrogens with zero attached hydrogens (tertiary/aromatic N) is 1. The molecule has 19 heavy (non-hydrogen) atoms. The van der Waals surface area contributed by atoms with Crippen molar-refractivity contribution in [2.75, 3.05) is 11.4 Å². The number of fused-ring (bicyclic) bond motifs is 1. The number of aromatic carboxylic acids is 1. The summed E-state index contributed by atoms with van der Waals surface area (Å²) in [6.07, 6.45) is 5.05. The van der Waals surface area contributed by atoms with Crippen LogP contribution < -0.4 is 4.90 Å². The third kappa shape index (κ3) is 2.11. The molecule has 0 saturated heterocycles. The highest BCUT2D eigenvalue weighted by Crippen LogP contribution is 2.33. The Balaban J connectivity index is 1.85. The number of benzene rings is 1. The lowest BCUT2D eigenvalue weighted by atomic mass is 10.1. The van der Waals surface area contributed by atoms with E-state index in [0.29, 0.717) is 12.1 Å². The molecule has 100 valence electrons. The molecule has 1 saturated carbocycles. The molecular weight excluding hydrogens is 242 g/mol. The van der Waals surface area contributed by atoms with Gasteiger partial charge in [0.15, 0.2) is 0 Å². The minimum absolute atomic E-state index is 0.171. The van der Waals surface area contributed by atoms with E-state index >= 15 is 0 Å². The van der Waals surface area contributed by atoms with Crippen molar-refractivity contribution in [3.05, 3.63) is 29.3 Å². The zero-order chi connectivity index (χ0) is 13.4. The third-order valence-corrected chi connectivity index (χ3v) is 4.19. The molecule has 3 rings (SSSR count). The normalized spacial score (nSPS) is 18.6. The summed E-state index contributed by atoms with van der Waals surface area (Å²) in [6, 6.07) is 5.06. The zero-order valence-corrected chi connectivity index (χ0v) is 10.8. The second kappa shape index (κ2) is 4.68. The van der Waals surface area contributed by atoms with Crippen molar-refractivity contribution < 1.29 is 14.7 Å². The van der Waals surface area contributed by atoms with Crippen LogP contribution >= 0.6 is 0 Å². The topological polar surface area (TPSA) is 57.6 Å². The highest BCUT2D eigenvalue weighted by molar-refractivity contribution is 5.98. The molecule has 0 unspecified atom stereocenters. The van der Waals surface area contributed by atoms with E-state index < -0.39 is 5.97 Å². The Kier molecular flexibility index (Phi) is 3.01. The molecule has 0 atom stereocenters. The van der Waals surface area contributed by atoms with Gasteiger partial charge in [-0.05, 0) is 43.0 Å². The summed E-state index contributed by atoms with van der Waals surface area (Å²) in [4.78, 5) is 25.2. The maximum absolute atomic E-state index is 12.4. The summed E-state index contributed by atoms with van der Waals surface area (Å²) >= 11 is 0. The molecule has 1 aromatic rings. The van der Waals surface area contributed by atoms with Gasteiger partial charge in [-0.1, -0.05) is 12.8 Å². The van der Waals surface area contributed by atoms with Gasteiger partial charge >= 0.3 is 5.97 Å². The Morgan fingerprint density at radius 3 is 2.63 bits per heavy atom. The number of carboxylic acids is 1. The number of carboxylic acid groups (broad SMARTS) is 1. The maximum atomic E-state index is 12.4. The maximum Gasteiger partial charge on any atom is 0.335 e. The number of carbonyl (C=O) groups excluding carboxylic acids is 1. The predicted molar refractivity (Wildman–Crippen MR) is 71.4 cm³/mol. The van der Waals surface area contributed by atoms with Crippen LogP contribution in [-0.2, 0) is 11.2 Å². The van der Waals surface area contributed by atoms with E-state index in [2.05, 4.69) is 0 Å². The SMILES string of the molecule is O=C(O)c1ccc2c(c1)CCN2C(=O)C1CCCC1. The summed E-state index contributed by atoms with van der Waals surface area (Å²) in [6.45, 7) is 0.688. The minimum Gasteiger partial charge on any atom is -0.478 e. The Morgan fingerprint density at radius 1 is 1.21 bits per heavy atom. The first-order valence-corrected chi connectivity index (χ1v) is 6.84. The Morgan fingerprint density at radius 2 is 1.95 bits per heavy atom. The highest BCUT2D eigenvalue weighted by atomic mass is 16.4. The summed E-state index contributed by atoms with van der Waals surface area (Å²) in [5, 5.41) is 8.98. The van der Waals surface area contributed by atoms with Gasteiger partial charge in [-0.15, -0.1) is 0 Å². The largest absolute Gasteiger partial charge is 0.478 e. The number of anilines is 1. The van der Waals surface area contributed by atoms with Crippen molar-refractivity contribution in [1.82, 2.24) is 0 Å². The lowest BCUT2D eigenvalue weighted by molar-refractivity contribution is -0.122. The predicted octanol–water partition coefficient (Wildman–Crippen LogP) is 2.46. The average molecular weight is 259 g/mol. The monoisotopic (exact) mass is 259 g/mol. The molecule has 4 nitrogen and oxygen atoms in total. The van der Waals surface area contributed by atoms with Gasteiger partial charge in [0, 0.05) is 18.2 Å². The van der Waals surface area contributed by atoms with Gasteiger partial charge in [0.1, 0.15) is 0 Å². The first-order valence-electron chi connectivity index (χ1n) is 6.84. The van der Waals surface area contributed by atoms with Crippen LogP contribution in [0, 0.1) is 5.92 Å². The number of carbonyl (C=O) groups is 2. The van der Waals surface area contributed by atoms with Crippen LogP contribution in [0.4, 0.5) is 5.69 Å². The quantitative estimate of drug-likeness (QED) is 0.887. The molecule has 4 heteroatoms. The van der Waals surface area contributed by atoms with Crippen molar-refractivity contribution in [2.24, 2.45) is 5.92 Å². The Bertz CT molecular complexity index is 532. The van der Waals surface area contributed by atoms with Crippen molar-refractivity contribution in [2.45, 2.75) is 32.1 Å². The fourth-order valence-electron chi connectivity index (χ4n) is 3.16. The highest BCUT2D eigenvalue weighted by Gasteiger charge is 2.31. The number of amides is 1. The molecule has 1 fully saturated rings. The number of rotatable bonds is 2. The van der Waals surface area contributed by atoms with E-state index in [1.807, 2.05) is 4.90 Å². The van der Waals surface area contributed by atoms with Crippen LogP contribution in [0.3, 0.4) is 0 Å². The second-order valence-corrected chi connectivity index (χ2v) is 5.37. The fourth-order valence-corrected chi connectivity index (χ4v) is 3.16. The van der Waals surface area contributed by atoms with Gasteiger partial charge in [0.05, 0.1) is 5.56 Å². The molecule has 0 spiro atoms. The van der Waals surface area contributed by atoms with Gasteiger partial charge in [-0.2, -0.15) is 0 Å². The molecule has 1 N–H and O–H groups in total. The second-order valence-electron chi connectivity index (χ2n) is 5.37. The molecule has 0 bridgehead atoms. The van der Waals surface area contributed by atoms with Gasteiger partial charge in [-0.3, -0.25) is 4.79 Å². The van der Waals surface area contributed by atoms with E-state index in [4.69, 9.17) is 5.11 Å². The van der Waals surface area contributed by atoms with Crippen LogP contribution in [0.15, 0.2) is 18.2 Å². The number of hydrogen-bond acceptors (Lipinski definition) is 2. The standard InChI is InChI=1S/C15H17NO3/c17-14(10-3-1-2-4-10)16-8-7-11-9-12(15(18)19)5-6-13(11)16/h5-6,9-10H,1-4,7-8H2,(H,18,19). The Labute approximate surface area is 112 Å². The van der Waals surface area contributed by atoms with Crippen LogP contribution in [-0.4, -0.2) is 23.5 Å². The molecular formula is C15H17NO3.